The van der Waals surface area contributed by atoms with Crippen molar-refractivity contribution < 1.29 is 41.0 Å². The third kappa shape index (κ3) is 3.95. The van der Waals surface area contributed by atoms with E-state index in [9.17, 15) is 35.9 Å². The maximum Gasteiger partial charge on any atom is 0.435 e. The molecule has 0 spiro atoms. The third-order valence-corrected chi connectivity index (χ3v) is 3.59. The number of amides is 1. The first kappa shape index (κ1) is 20.4. The third-order valence-electron chi connectivity index (χ3n) is 3.59. The summed E-state index contributed by atoms with van der Waals surface area (Å²) >= 11 is 0. The molecule has 0 radical (unpaired) electrons. The molecule has 2 aromatic carbocycles. The molecule has 0 unspecified atom stereocenters. The van der Waals surface area contributed by atoms with Gasteiger partial charge in [-0.25, -0.2) is 0 Å². The maximum absolute atomic E-state index is 12.6. The minimum absolute atomic E-state index is 0.0982. The van der Waals surface area contributed by atoms with Gasteiger partial charge in [0.2, 0.25) is 0 Å². The zero-order valence-electron chi connectivity index (χ0n) is 13.2. The van der Waals surface area contributed by atoms with Crippen LogP contribution in [0, 0.1) is 0 Å². The average molecular weight is 391 g/mol. The number of hydrogen-bond donors (Lipinski definition) is 2. The van der Waals surface area contributed by atoms with Crippen molar-refractivity contribution in [3.63, 3.8) is 0 Å². The van der Waals surface area contributed by atoms with Crippen molar-refractivity contribution in [3.8, 4) is 0 Å². The molecule has 0 saturated heterocycles. The number of benzene rings is 2. The van der Waals surface area contributed by atoms with Gasteiger partial charge in [0.25, 0.3) is 5.91 Å². The molecule has 2 N–H and O–H groups in total. The Hall–Kier alpha value is -2.88. The zero-order valence-corrected chi connectivity index (χ0v) is 13.2. The van der Waals surface area contributed by atoms with Gasteiger partial charge in [0, 0.05) is 16.8 Å². The Kier molecular flexibility index (Phi) is 5.32. The number of ketones is 1. The van der Waals surface area contributed by atoms with E-state index in [2.05, 4.69) is 0 Å². The number of hydrogen-bond acceptors (Lipinski definition) is 3. The minimum Gasteiger partial charge on any atom is -0.366 e. The molecule has 0 aromatic heterocycles. The van der Waals surface area contributed by atoms with Gasteiger partial charge in [-0.2, -0.15) is 26.3 Å². The summed E-state index contributed by atoms with van der Waals surface area (Å²) in [6, 6.07) is 12.1. The molecule has 2 rings (SSSR count). The van der Waals surface area contributed by atoms with Crippen LogP contribution in [0.2, 0.25) is 0 Å². The number of rotatable bonds is 4. The van der Waals surface area contributed by atoms with Gasteiger partial charge in [-0.3, -0.25) is 9.59 Å². The average Bonchev–Trinajstić information content (AvgIpc) is 2.59. The smallest absolute Gasteiger partial charge is 0.366 e. The lowest BCUT2D eigenvalue weighted by atomic mass is 10.0. The van der Waals surface area contributed by atoms with Gasteiger partial charge >= 0.3 is 18.0 Å². The largest absolute Gasteiger partial charge is 0.435 e. The lowest BCUT2D eigenvalue weighted by Gasteiger charge is -2.30. The standard InChI is InChI=1S/C17H11F6NO3/c18-16(19,20)15(27,17(21,22)23)14(26)24-12-8-6-11(7-9-12)13(25)10-4-2-1-3-5-10/h1-9,27H,(H,24,26). The van der Waals surface area contributed by atoms with Crippen molar-refractivity contribution in [3.05, 3.63) is 65.7 Å². The van der Waals surface area contributed by atoms with E-state index >= 15 is 0 Å². The Balaban J connectivity index is 2.23. The van der Waals surface area contributed by atoms with E-state index in [1.807, 2.05) is 0 Å². The topological polar surface area (TPSA) is 66.4 Å². The van der Waals surface area contributed by atoms with Gasteiger partial charge in [0.15, 0.2) is 5.78 Å². The van der Waals surface area contributed by atoms with Gasteiger partial charge < -0.3 is 10.4 Å². The summed E-state index contributed by atoms with van der Waals surface area (Å²) < 4.78 is 75.8. The van der Waals surface area contributed by atoms with E-state index in [4.69, 9.17) is 5.11 Å². The lowest BCUT2D eigenvalue weighted by molar-refractivity contribution is -0.348. The first-order valence-electron chi connectivity index (χ1n) is 7.25. The summed E-state index contributed by atoms with van der Waals surface area (Å²) in [5, 5.41) is 10.4. The van der Waals surface area contributed by atoms with Crippen molar-refractivity contribution in [2.24, 2.45) is 0 Å². The highest BCUT2D eigenvalue weighted by Crippen LogP contribution is 2.43. The Bertz CT molecular complexity index is 814. The second kappa shape index (κ2) is 7.03. The summed E-state index contributed by atoms with van der Waals surface area (Å²) in [6.45, 7) is 0. The Morgan fingerprint density at radius 3 is 1.63 bits per heavy atom. The molecule has 2 aromatic rings. The minimum atomic E-state index is -6.28. The molecule has 0 saturated carbocycles. The lowest BCUT2D eigenvalue weighted by Crippen LogP contribution is -2.64. The number of nitrogens with one attached hydrogen (secondary N) is 1. The van der Waals surface area contributed by atoms with Crippen LogP contribution < -0.4 is 5.32 Å². The summed E-state index contributed by atoms with van der Waals surface area (Å²) in [7, 11) is 0. The second-order valence-electron chi connectivity index (χ2n) is 5.43. The molecule has 0 aliphatic carbocycles. The van der Waals surface area contributed by atoms with E-state index in [-0.39, 0.29) is 5.56 Å². The molecule has 0 atom stereocenters. The van der Waals surface area contributed by atoms with Gasteiger partial charge in [-0.05, 0) is 24.3 Å². The summed E-state index contributed by atoms with van der Waals surface area (Å²) in [4.78, 5) is 23.7. The first-order chi connectivity index (χ1) is 12.4. The van der Waals surface area contributed by atoms with E-state index in [0.717, 1.165) is 24.3 Å². The van der Waals surface area contributed by atoms with Crippen LogP contribution in [-0.2, 0) is 4.79 Å². The van der Waals surface area contributed by atoms with Crippen molar-refractivity contribution >= 4 is 17.4 Å². The molecular formula is C17H11F6NO3. The van der Waals surface area contributed by atoms with Crippen molar-refractivity contribution in [1.29, 1.82) is 0 Å². The number of anilines is 1. The molecule has 10 heteroatoms. The number of alkyl halides is 6. The predicted octanol–water partition coefficient (Wildman–Crippen LogP) is 3.71. The van der Waals surface area contributed by atoms with E-state index in [0.29, 0.717) is 5.56 Å². The molecule has 0 aliphatic heterocycles. The van der Waals surface area contributed by atoms with Gasteiger partial charge in [-0.1, -0.05) is 30.3 Å². The van der Waals surface area contributed by atoms with Crippen LogP contribution in [0.4, 0.5) is 32.0 Å². The first-order valence-corrected chi connectivity index (χ1v) is 7.25. The molecule has 0 fully saturated rings. The Labute approximate surface area is 148 Å². The van der Waals surface area contributed by atoms with Crippen LogP contribution in [0.25, 0.3) is 0 Å². The highest BCUT2D eigenvalue weighted by atomic mass is 19.4. The highest BCUT2D eigenvalue weighted by molar-refractivity contribution is 6.09. The van der Waals surface area contributed by atoms with Crippen molar-refractivity contribution in [1.82, 2.24) is 0 Å². The van der Waals surface area contributed by atoms with Crippen LogP contribution in [0.3, 0.4) is 0 Å². The summed E-state index contributed by atoms with van der Waals surface area (Å²) in [6.07, 6.45) is -12.6. The quantitative estimate of drug-likeness (QED) is 0.617. The van der Waals surface area contributed by atoms with Crippen LogP contribution in [0.1, 0.15) is 15.9 Å². The maximum atomic E-state index is 12.6. The van der Waals surface area contributed by atoms with Crippen molar-refractivity contribution in [2.45, 2.75) is 18.0 Å². The van der Waals surface area contributed by atoms with Gasteiger partial charge in [0.05, 0.1) is 0 Å². The van der Waals surface area contributed by atoms with Gasteiger partial charge in [0.1, 0.15) is 0 Å². The monoisotopic (exact) mass is 391 g/mol. The normalized spacial score (nSPS) is 12.6. The fourth-order valence-corrected chi connectivity index (χ4v) is 2.10. The molecular weight excluding hydrogens is 380 g/mol. The fraction of sp³-hybridized carbons (Fsp3) is 0.176. The van der Waals surface area contributed by atoms with Crippen LogP contribution in [-0.4, -0.2) is 34.8 Å². The van der Waals surface area contributed by atoms with Crippen LogP contribution in [0.15, 0.2) is 54.6 Å². The predicted molar refractivity (Wildman–Crippen MR) is 82.0 cm³/mol. The van der Waals surface area contributed by atoms with Crippen molar-refractivity contribution in [2.75, 3.05) is 5.32 Å². The van der Waals surface area contributed by atoms with E-state index in [1.54, 1.807) is 18.2 Å². The molecule has 0 heterocycles. The molecule has 0 bridgehead atoms. The number of carbonyl (C=O) groups is 2. The van der Waals surface area contributed by atoms with E-state index in [1.165, 1.54) is 17.4 Å². The molecule has 1 amide bonds. The SMILES string of the molecule is O=C(c1ccccc1)c1ccc(NC(=O)C(O)(C(F)(F)F)C(F)(F)F)cc1. The van der Waals surface area contributed by atoms with Gasteiger partial charge in [-0.15, -0.1) is 0 Å². The number of aliphatic hydroxyl groups is 1. The number of carbonyl (C=O) groups excluding carboxylic acids is 2. The molecule has 0 aliphatic rings. The van der Waals surface area contributed by atoms with Crippen LogP contribution >= 0.6 is 0 Å². The highest BCUT2D eigenvalue weighted by Gasteiger charge is 2.75. The second-order valence-corrected chi connectivity index (χ2v) is 5.43. The number of halogens is 6. The summed E-state index contributed by atoms with van der Waals surface area (Å²) in [5.41, 5.74) is -5.62. The zero-order chi connectivity index (χ0) is 20.5. The fourth-order valence-electron chi connectivity index (χ4n) is 2.10. The molecule has 144 valence electrons. The Morgan fingerprint density at radius 2 is 1.19 bits per heavy atom. The summed E-state index contributed by atoms with van der Waals surface area (Å²) in [5.74, 6) is -3.14. The molecule has 27 heavy (non-hydrogen) atoms. The Morgan fingerprint density at radius 1 is 0.741 bits per heavy atom. The van der Waals surface area contributed by atoms with E-state index < -0.39 is 35.3 Å². The molecule has 4 nitrogen and oxygen atoms in total. The van der Waals surface area contributed by atoms with Crippen LogP contribution in [0.5, 0.6) is 0 Å².